The van der Waals surface area contributed by atoms with Crippen LogP contribution in [0.3, 0.4) is 0 Å². The summed E-state index contributed by atoms with van der Waals surface area (Å²) in [6.07, 6.45) is 0.355. The molecule has 0 heterocycles. The van der Waals surface area contributed by atoms with Crippen LogP contribution < -0.4 is 16.4 Å². The summed E-state index contributed by atoms with van der Waals surface area (Å²) in [6.45, 7) is 2.08. The zero-order chi connectivity index (χ0) is 9.56. The number of amides is 2. The lowest BCUT2D eigenvalue weighted by Gasteiger charge is -2.13. The molecular formula is C7H15N3O2. The number of nitrogens with one attached hydrogen (secondary N) is 2. The summed E-state index contributed by atoms with van der Waals surface area (Å²) < 4.78 is 0. The number of rotatable bonds is 5. The first-order valence-corrected chi connectivity index (χ1v) is 3.85. The van der Waals surface area contributed by atoms with Crippen LogP contribution in [-0.2, 0) is 9.59 Å². The summed E-state index contributed by atoms with van der Waals surface area (Å²) in [5, 5.41) is 5.25. The van der Waals surface area contributed by atoms with E-state index >= 15 is 0 Å². The molecule has 12 heavy (non-hydrogen) atoms. The maximum absolute atomic E-state index is 10.9. The fourth-order valence-electron chi connectivity index (χ4n) is 0.723. The largest absolute Gasteiger partial charge is 0.368 e. The highest BCUT2D eigenvalue weighted by molar-refractivity contribution is 5.86. The third kappa shape index (κ3) is 3.92. The Labute approximate surface area is 71.7 Å². The smallest absolute Gasteiger partial charge is 0.241 e. The Bertz CT molecular complexity index is 168. The number of carbonyl (C=O) groups excluding carboxylic acids is 2. The second-order valence-electron chi connectivity index (χ2n) is 2.43. The lowest BCUT2D eigenvalue weighted by Crippen LogP contribution is -2.49. The lowest BCUT2D eigenvalue weighted by atomic mass is 10.2. The van der Waals surface area contributed by atoms with E-state index in [2.05, 4.69) is 10.6 Å². The van der Waals surface area contributed by atoms with Crippen molar-refractivity contribution >= 4 is 11.8 Å². The summed E-state index contributed by atoms with van der Waals surface area (Å²) in [5.41, 5.74) is 5.03. The van der Waals surface area contributed by atoms with Gasteiger partial charge in [0.1, 0.15) is 6.04 Å². The molecule has 5 heteroatoms. The van der Waals surface area contributed by atoms with Crippen LogP contribution in [0.5, 0.6) is 0 Å². The van der Waals surface area contributed by atoms with Gasteiger partial charge in [-0.2, -0.15) is 0 Å². The normalized spacial score (nSPS) is 12.2. The molecule has 0 spiro atoms. The second kappa shape index (κ2) is 5.54. The molecule has 0 aromatic heterocycles. The van der Waals surface area contributed by atoms with Crippen LogP contribution in [0.25, 0.3) is 0 Å². The molecular weight excluding hydrogens is 158 g/mol. The fraction of sp³-hybridized carbons (Fsp3) is 0.714. The molecule has 1 atom stereocenters. The van der Waals surface area contributed by atoms with Crippen molar-refractivity contribution in [3.8, 4) is 0 Å². The van der Waals surface area contributed by atoms with Gasteiger partial charge in [-0.25, -0.2) is 0 Å². The van der Waals surface area contributed by atoms with E-state index in [1.54, 1.807) is 14.0 Å². The summed E-state index contributed by atoms with van der Waals surface area (Å²) in [5.74, 6) is -0.694. The van der Waals surface area contributed by atoms with Gasteiger partial charge >= 0.3 is 0 Å². The molecule has 0 aliphatic carbocycles. The summed E-state index contributed by atoms with van der Waals surface area (Å²) in [4.78, 5) is 21.6. The van der Waals surface area contributed by atoms with E-state index in [1.807, 2.05) is 0 Å². The van der Waals surface area contributed by atoms with E-state index in [0.717, 1.165) is 0 Å². The molecule has 4 N–H and O–H groups in total. The van der Waals surface area contributed by atoms with Crippen LogP contribution >= 0.6 is 0 Å². The number of carbonyl (C=O) groups is 2. The molecule has 0 aliphatic heterocycles. The van der Waals surface area contributed by atoms with Gasteiger partial charge in [0.2, 0.25) is 11.8 Å². The number of primary amides is 1. The van der Waals surface area contributed by atoms with Crippen LogP contribution in [0.2, 0.25) is 0 Å². The molecule has 0 aromatic carbocycles. The SMILES string of the molecule is CCC(=O)N[C@@H](CNC)C(N)=O. The van der Waals surface area contributed by atoms with E-state index < -0.39 is 11.9 Å². The maximum Gasteiger partial charge on any atom is 0.241 e. The zero-order valence-corrected chi connectivity index (χ0v) is 7.39. The van der Waals surface area contributed by atoms with Gasteiger partial charge in [-0.15, -0.1) is 0 Å². The second-order valence-corrected chi connectivity index (χ2v) is 2.43. The Morgan fingerprint density at radius 2 is 2.08 bits per heavy atom. The Morgan fingerprint density at radius 1 is 1.50 bits per heavy atom. The summed E-state index contributed by atoms with van der Waals surface area (Å²) in [7, 11) is 1.69. The van der Waals surface area contributed by atoms with Crippen LogP contribution in [0.4, 0.5) is 0 Å². The lowest BCUT2D eigenvalue weighted by molar-refractivity contribution is -0.127. The van der Waals surface area contributed by atoms with Gasteiger partial charge in [0, 0.05) is 13.0 Å². The molecule has 0 fully saturated rings. The molecule has 70 valence electrons. The minimum Gasteiger partial charge on any atom is -0.368 e. The highest BCUT2D eigenvalue weighted by atomic mass is 16.2. The Morgan fingerprint density at radius 3 is 2.42 bits per heavy atom. The first-order chi connectivity index (χ1) is 5.61. The van der Waals surface area contributed by atoms with Gasteiger partial charge in [-0.05, 0) is 7.05 Å². The average Bonchev–Trinajstić information content (AvgIpc) is 2.03. The standard InChI is InChI=1S/C7H15N3O2/c1-3-6(11)10-5(4-9-2)7(8)12/h5,9H,3-4H2,1-2H3,(H2,8,12)(H,10,11)/t5-/m0/s1. The van der Waals surface area contributed by atoms with Gasteiger partial charge in [0.15, 0.2) is 0 Å². The van der Waals surface area contributed by atoms with Gasteiger partial charge in [-0.1, -0.05) is 6.92 Å². The van der Waals surface area contributed by atoms with Crippen molar-refractivity contribution < 1.29 is 9.59 Å². The third-order valence-corrected chi connectivity index (χ3v) is 1.41. The molecule has 5 nitrogen and oxygen atoms in total. The Hall–Kier alpha value is -1.10. The van der Waals surface area contributed by atoms with Crippen molar-refractivity contribution in [3.63, 3.8) is 0 Å². The van der Waals surface area contributed by atoms with E-state index in [0.29, 0.717) is 13.0 Å². The van der Waals surface area contributed by atoms with Crippen LogP contribution in [0.15, 0.2) is 0 Å². The number of nitrogens with two attached hydrogens (primary N) is 1. The average molecular weight is 173 g/mol. The monoisotopic (exact) mass is 173 g/mol. The minimum atomic E-state index is -0.609. The summed E-state index contributed by atoms with van der Waals surface area (Å²) >= 11 is 0. The minimum absolute atomic E-state index is 0.172. The topological polar surface area (TPSA) is 84.2 Å². The zero-order valence-electron chi connectivity index (χ0n) is 7.39. The summed E-state index contributed by atoms with van der Waals surface area (Å²) in [6, 6.07) is -0.609. The molecule has 0 radical (unpaired) electrons. The van der Waals surface area contributed by atoms with E-state index in [4.69, 9.17) is 5.73 Å². The molecule has 0 unspecified atom stereocenters. The highest BCUT2D eigenvalue weighted by Gasteiger charge is 2.15. The van der Waals surface area contributed by atoms with Crippen molar-refractivity contribution in [2.45, 2.75) is 19.4 Å². The number of hydrogen-bond acceptors (Lipinski definition) is 3. The quantitative estimate of drug-likeness (QED) is 0.477. The Kier molecular flexibility index (Phi) is 5.03. The molecule has 0 saturated carbocycles. The molecule has 2 amide bonds. The third-order valence-electron chi connectivity index (χ3n) is 1.41. The molecule has 0 aliphatic rings. The van der Waals surface area contributed by atoms with Crippen molar-refractivity contribution in [2.24, 2.45) is 5.73 Å². The van der Waals surface area contributed by atoms with E-state index in [1.165, 1.54) is 0 Å². The number of hydrogen-bond donors (Lipinski definition) is 3. The van der Waals surface area contributed by atoms with Crippen LogP contribution in [-0.4, -0.2) is 31.4 Å². The van der Waals surface area contributed by atoms with Crippen molar-refractivity contribution in [1.29, 1.82) is 0 Å². The van der Waals surface area contributed by atoms with Crippen molar-refractivity contribution in [3.05, 3.63) is 0 Å². The van der Waals surface area contributed by atoms with E-state index in [-0.39, 0.29) is 5.91 Å². The molecule has 0 saturated heterocycles. The van der Waals surface area contributed by atoms with Gasteiger partial charge in [0.25, 0.3) is 0 Å². The van der Waals surface area contributed by atoms with Crippen LogP contribution in [0, 0.1) is 0 Å². The van der Waals surface area contributed by atoms with Crippen molar-refractivity contribution in [1.82, 2.24) is 10.6 Å². The predicted molar refractivity (Wildman–Crippen MR) is 45.3 cm³/mol. The highest BCUT2D eigenvalue weighted by Crippen LogP contribution is 1.82. The Balaban J connectivity index is 3.95. The van der Waals surface area contributed by atoms with Crippen molar-refractivity contribution in [2.75, 3.05) is 13.6 Å². The fourth-order valence-corrected chi connectivity index (χ4v) is 0.723. The molecule has 0 rings (SSSR count). The van der Waals surface area contributed by atoms with Gasteiger partial charge in [0.05, 0.1) is 0 Å². The van der Waals surface area contributed by atoms with Gasteiger partial charge in [-0.3, -0.25) is 9.59 Å². The van der Waals surface area contributed by atoms with Crippen LogP contribution in [0.1, 0.15) is 13.3 Å². The molecule has 0 aromatic rings. The number of likely N-dealkylation sites (N-methyl/N-ethyl adjacent to an activating group) is 1. The predicted octanol–water partition coefficient (Wildman–Crippen LogP) is -1.41. The van der Waals surface area contributed by atoms with Gasteiger partial charge < -0.3 is 16.4 Å². The molecule has 0 bridgehead atoms. The van der Waals surface area contributed by atoms with E-state index in [9.17, 15) is 9.59 Å². The first kappa shape index (κ1) is 10.9. The first-order valence-electron chi connectivity index (χ1n) is 3.85. The maximum atomic E-state index is 10.9.